The SMILES string of the molecule is Cc1ccc2ccc(Oc3ccc4ccc(C)cc4c3)cc2c1. The molecule has 0 atom stereocenters. The van der Waals surface area contributed by atoms with Crippen molar-refractivity contribution in [2.45, 2.75) is 13.8 Å². The van der Waals surface area contributed by atoms with Gasteiger partial charge in [-0.2, -0.15) is 0 Å². The van der Waals surface area contributed by atoms with Gasteiger partial charge in [0.05, 0.1) is 0 Å². The van der Waals surface area contributed by atoms with Crippen LogP contribution in [0.3, 0.4) is 0 Å². The molecule has 0 N–H and O–H groups in total. The quantitative estimate of drug-likeness (QED) is 0.416. The first-order valence-corrected chi connectivity index (χ1v) is 7.86. The number of ether oxygens (including phenoxy) is 1. The summed E-state index contributed by atoms with van der Waals surface area (Å²) >= 11 is 0. The van der Waals surface area contributed by atoms with Crippen LogP contribution >= 0.6 is 0 Å². The molecule has 0 radical (unpaired) electrons. The minimum atomic E-state index is 0.870. The molecule has 4 aromatic rings. The lowest BCUT2D eigenvalue weighted by atomic mass is 10.1. The maximum absolute atomic E-state index is 6.07. The normalized spacial score (nSPS) is 11.0. The Morgan fingerprint density at radius 2 is 0.913 bits per heavy atom. The summed E-state index contributed by atoms with van der Waals surface area (Å²) < 4.78 is 6.07. The van der Waals surface area contributed by atoms with E-state index in [2.05, 4.69) is 74.5 Å². The molecule has 1 heteroatoms. The third-order valence-corrected chi connectivity index (χ3v) is 4.17. The zero-order valence-electron chi connectivity index (χ0n) is 13.3. The van der Waals surface area contributed by atoms with Crippen LogP contribution in [0.15, 0.2) is 72.8 Å². The summed E-state index contributed by atoms with van der Waals surface area (Å²) in [4.78, 5) is 0. The summed E-state index contributed by atoms with van der Waals surface area (Å²) in [7, 11) is 0. The Bertz CT molecular complexity index is 931. The average Bonchev–Trinajstić information content (AvgIpc) is 2.54. The van der Waals surface area contributed by atoms with Gasteiger partial charge in [0.1, 0.15) is 11.5 Å². The fourth-order valence-corrected chi connectivity index (χ4v) is 2.95. The number of rotatable bonds is 2. The Balaban J connectivity index is 1.72. The Kier molecular flexibility index (Phi) is 3.27. The van der Waals surface area contributed by atoms with Gasteiger partial charge in [0.2, 0.25) is 0 Å². The number of aryl methyl sites for hydroxylation is 2. The molecule has 1 nitrogen and oxygen atoms in total. The van der Waals surface area contributed by atoms with E-state index in [1.165, 1.54) is 32.7 Å². The van der Waals surface area contributed by atoms with Gasteiger partial charge in [-0.1, -0.05) is 59.7 Å². The van der Waals surface area contributed by atoms with E-state index in [4.69, 9.17) is 4.74 Å². The first-order chi connectivity index (χ1) is 11.2. The highest BCUT2D eigenvalue weighted by molar-refractivity contribution is 5.86. The Morgan fingerprint density at radius 3 is 1.39 bits per heavy atom. The Labute approximate surface area is 136 Å². The minimum absolute atomic E-state index is 0.870. The molecule has 4 aromatic carbocycles. The van der Waals surface area contributed by atoms with Crippen LogP contribution in [0.25, 0.3) is 21.5 Å². The molecule has 0 saturated carbocycles. The summed E-state index contributed by atoms with van der Waals surface area (Å²) in [5.41, 5.74) is 2.52. The van der Waals surface area contributed by atoms with E-state index in [0.717, 1.165) is 11.5 Å². The molecule has 0 unspecified atom stereocenters. The molecule has 0 fully saturated rings. The molecule has 0 aromatic heterocycles. The van der Waals surface area contributed by atoms with Crippen LogP contribution < -0.4 is 4.74 Å². The monoisotopic (exact) mass is 298 g/mol. The predicted molar refractivity (Wildman–Crippen MR) is 97.4 cm³/mol. The predicted octanol–water partition coefficient (Wildman–Crippen LogP) is 6.40. The maximum atomic E-state index is 6.07. The number of hydrogen-bond donors (Lipinski definition) is 0. The summed E-state index contributed by atoms with van der Waals surface area (Å²) in [5.74, 6) is 1.74. The van der Waals surface area contributed by atoms with Crippen LogP contribution in [0.5, 0.6) is 11.5 Å². The molecule has 0 saturated heterocycles. The van der Waals surface area contributed by atoms with E-state index in [1.54, 1.807) is 0 Å². The van der Waals surface area contributed by atoms with Crippen LogP contribution in [0.4, 0.5) is 0 Å². The maximum Gasteiger partial charge on any atom is 0.128 e. The van der Waals surface area contributed by atoms with E-state index in [1.807, 2.05) is 12.1 Å². The van der Waals surface area contributed by atoms with Gasteiger partial charge in [-0.3, -0.25) is 0 Å². The zero-order valence-corrected chi connectivity index (χ0v) is 13.3. The van der Waals surface area contributed by atoms with Crippen molar-refractivity contribution >= 4 is 21.5 Å². The zero-order chi connectivity index (χ0) is 15.8. The van der Waals surface area contributed by atoms with Crippen molar-refractivity contribution in [3.05, 3.63) is 83.9 Å². The molecule has 0 heterocycles. The highest BCUT2D eigenvalue weighted by atomic mass is 16.5. The van der Waals surface area contributed by atoms with Gasteiger partial charge in [-0.15, -0.1) is 0 Å². The molecule has 0 aliphatic rings. The highest BCUT2D eigenvalue weighted by Crippen LogP contribution is 2.29. The first-order valence-electron chi connectivity index (χ1n) is 7.86. The first kappa shape index (κ1) is 13.8. The van der Waals surface area contributed by atoms with Crippen LogP contribution in [-0.4, -0.2) is 0 Å². The van der Waals surface area contributed by atoms with Crippen molar-refractivity contribution in [1.82, 2.24) is 0 Å². The molecular weight excluding hydrogens is 280 g/mol. The molecule has 0 spiro atoms. The van der Waals surface area contributed by atoms with Crippen molar-refractivity contribution in [1.29, 1.82) is 0 Å². The fraction of sp³-hybridized carbons (Fsp3) is 0.0909. The molecular formula is C22H18O. The fourth-order valence-electron chi connectivity index (χ4n) is 2.95. The van der Waals surface area contributed by atoms with Crippen molar-refractivity contribution in [2.75, 3.05) is 0 Å². The van der Waals surface area contributed by atoms with Gasteiger partial charge in [0, 0.05) is 0 Å². The van der Waals surface area contributed by atoms with E-state index in [-0.39, 0.29) is 0 Å². The summed E-state index contributed by atoms with van der Waals surface area (Å²) in [6, 6.07) is 25.4. The second kappa shape index (κ2) is 5.44. The molecule has 0 amide bonds. The van der Waals surface area contributed by atoms with Crippen molar-refractivity contribution < 1.29 is 4.74 Å². The topological polar surface area (TPSA) is 9.23 Å². The lowest BCUT2D eigenvalue weighted by molar-refractivity contribution is 0.484. The smallest absolute Gasteiger partial charge is 0.128 e. The minimum Gasteiger partial charge on any atom is -0.457 e. The van der Waals surface area contributed by atoms with Crippen LogP contribution in [0.2, 0.25) is 0 Å². The van der Waals surface area contributed by atoms with Gasteiger partial charge in [0.25, 0.3) is 0 Å². The van der Waals surface area contributed by atoms with Gasteiger partial charge in [0.15, 0.2) is 0 Å². The second-order valence-electron chi connectivity index (χ2n) is 6.13. The van der Waals surface area contributed by atoms with Gasteiger partial charge in [-0.25, -0.2) is 0 Å². The summed E-state index contributed by atoms with van der Waals surface area (Å²) in [5, 5.41) is 4.88. The van der Waals surface area contributed by atoms with E-state index in [0.29, 0.717) is 0 Å². The standard InChI is InChI=1S/C22H18O/c1-15-3-5-17-7-9-21(13-19(17)11-15)23-22-10-8-18-6-4-16(2)12-20(18)14-22/h3-14H,1-2H3. The lowest BCUT2D eigenvalue weighted by Crippen LogP contribution is -1.85. The largest absolute Gasteiger partial charge is 0.457 e. The van der Waals surface area contributed by atoms with Crippen LogP contribution in [0, 0.1) is 13.8 Å². The van der Waals surface area contributed by atoms with Crippen LogP contribution in [-0.2, 0) is 0 Å². The molecule has 112 valence electrons. The summed E-state index contributed by atoms with van der Waals surface area (Å²) in [6.07, 6.45) is 0. The molecule has 0 aliphatic carbocycles. The van der Waals surface area contributed by atoms with E-state index in [9.17, 15) is 0 Å². The van der Waals surface area contributed by atoms with Crippen molar-refractivity contribution in [3.63, 3.8) is 0 Å². The van der Waals surface area contributed by atoms with Crippen molar-refractivity contribution in [2.24, 2.45) is 0 Å². The van der Waals surface area contributed by atoms with E-state index >= 15 is 0 Å². The van der Waals surface area contributed by atoms with Crippen molar-refractivity contribution in [3.8, 4) is 11.5 Å². The average molecular weight is 298 g/mol. The number of hydrogen-bond acceptors (Lipinski definition) is 1. The molecule has 0 aliphatic heterocycles. The second-order valence-corrected chi connectivity index (χ2v) is 6.13. The number of fused-ring (bicyclic) bond motifs is 2. The molecule has 4 rings (SSSR count). The summed E-state index contributed by atoms with van der Waals surface area (Å²) in [6.45, 7) is 4.22. The third kappa shape index (κ3) is 2.78. The van der Waals surface area contributed by atoms with Gasteiger partial charge < -0.3 is 4.74 Å². The Morgan fingerprint density at radius 1 is 0.478 bits per heavy atom. The molecule has 0 bridgehead atoms. The van der Waals surface area contributed by atoms with Gasteiger partial charge >= 0.3 is 0 Å². The van der Waals surface area contributed by atoms with E-state index < -0.39 is 0 Å². The van der Waals surface area contributed by atoms with Crippen LogP contribution in [0.1, 0.15) is 11.1 Å². The third-order valence-electron chi connectivity index (χ3n) is 4.17. The number of benzene rings is 4. The van der Waals surface area contributed by atoms with Gasteiger partial charge in [-0.05, 0) is 59.7 Å². The highest BCUT2D eigenvalue weighted by Gasteiger charge is 2.02. The molecule has 23 heavy (non-hydrogen) atoms. The Hall–Kier alpha value is -2.80. The lowest BCUT2D eigenvalue weighted by Gasteiger charge is -2.09.